The number of aryl methyl sites for hydroxylation is 1. The predicted octanol–water partition coefficient (Wildman–Crippen LogP) is 4.88. The SMILES string of the molecule is Cc1nc(-c2ccc(NC(C)c3cccs3)cc2)co1. The third kappa shape index (κ3) is 2.75. The van der Waals surface area contributed by atoms with Crippen molar-refractivity contribution in [2.75, 3.05) is 5.32 Å². The van der Waals surface area contributed by atoms with Gasteiger partial charge < -0.3 is 9.73 Å². The predicted molar refractivity (Wildman–Crippen MR) is 83.0 cm³/mol. The number of nitrogens with one attached hydrogen (secondary N) is 1. The summed E-state index contributed by atoms with van der Waals surface area (Å²) in [4.78, 5) is 5.66. The molecule has 0 amide bonds. The van der Waals surface area contributed by atoms with E-state index in [0.717, 1.165) is 16.9 Å². The third-order valence-electron chi connectivity index (χ3n) is 3.15. The van der Waals surface area contributed by atoms with Gasteiger partial charge in [-0.25, -0.2) is 4.98 Å². The Balaban J connectivity index is 1.73. The van der Waals surface area contributed by atoms with Crippen LogP contribution in [-0.2, 0) is 0 Å². The molecular weight excluding hydrogens is 268 g/mol. The highest BCUT2D eigenvalue weighted by Crippen LogP contribution is 2.25. The van der Waals surface area contributed by atoms with Crippen molar-refractivity contribution < 1.29 is 4.42 Å². The molecule has 0 saturated heterocycles. The monoisotopic (exact) mass is 284 g/mol. The Bertz CT molecular complexity index is 671. The van der Waals surface area contributed by atoms with Gasteiger partial charge in [0, 0.05) is 23.1 Å². The number of oxazole rings is 1. The van der Waals surface area contributed by atoms with Crippen molar-refractivity contribution in [3.05, 3.63) is 58.8 Å². The summed E-state index contributed by atoms with van der Waals surface area (Å²) in [5.41, 5.74) is 3.05. The summed E-state index contributed by atoms with van der Waals surface area (Å²) in [6.07, 6.45) is 1.69. The molecule has 3 rings (SSSR count). The fourth-order valence-electron chi connectivity index (χ4n) is 2.09. The van der Waals surface area contributed by atoms with E-state index in [1.54, 1.807) is 17.6 Å². The lowest BCUT2D eigenvalue weighted by molar-refractivity contribution is 0.521. The van der Waals surface area contributed by atoms with Crippen LogP contribution in [0.1, 0.15) is 23.7 Å². The Kier molecular flexibility index (Phi) is 3.56. The summed E-state index contributed by atoms with van der Waals surface area (Å²) in [7, 11) is 0. The molecule has 0 aliphatic carbocycles. The van der Waals surface area contributed by atoms with Crippen molar-refractivity contribution in [3.8, 4) is 11.3 Å². The number of aromatic nitrogens is 1. The molecule has 0 bridgehead atoms. The van der Waals surface area contributed by atoms with Crippen molar-refractivity contribution in [2.45, 2.75) is 19.9 Å². The molecule has 2 heterocycles. The lowest BCUT2D eigenvalue weighted by Crippen LogP contribution is -2.04. The van der Waals surface area contributed by atoms with Crippen LogP contribution < -0.4 is 5.32 Å². The van der Waals surface area contributed by atoms with E-state index < -0.39 is 0 Å². The van der Waals surface area contributed by atoms with Crippen LogP contribution in [-0.4, -0.2) is 4.98 Å². The van der Waals surface area contributed by atoms with E-state index in [1.165, 1.54) is 4.88 Å². The zero-order chi connectivity index (χ0) is 13.9. The van der Waals surface area contributed by atoms with Gasteiger partial charge in [0.05, 0.1) is 6.04 Å². The first kappa shape index (κ1) is 12.9. The maximum atomic E-state index is 5.24. The molecule has 0 aliphatic heterocycles. The lowest BCUT2D eigenvalue weighted by Gasteiger charge is -2.13. The molecule has 1 aromatic carbocycles. The zero-order valence-corrected chi connectivity index (χ0v) is 12.3. The maximum absolute atomic E-state index is 5.24. The van der Waals surface area contributed by atoms with Gasteiger partial charge in [0.25, 0.3) is 0 Å². The minimum absolute atomic E-state index is 0.315. The van der Waals surface area contributed by atoms with Gasteiger partial charge in [-0.15, -0.1) is 11.3 Å². The Morgan fingerprint density at radius 3 is 2.60 bits per heavy atom. The highest BCUT2D eigenvalue weighted by Gasteiger charge is 2.07. The normalized spacial score (nSPS) is 12.3. The van der Waals surface area contributed by atoms with Crippen LogP contribution in [0, 0.1) is 6.92 Å². The first-order chi connectivity index (χ1) is 9.72. The van der Waals surface area contributed by atoms with Crippen molar-refractivity contribution in [2.24, 2.45) is 0 Å². The second-order valence-electron chi connectivity index (χ2n) is 4.71. The van der Waals surface area contributed by atoms with Crippen LogP contribution in [0.2, 0.25) is 0 Å². The molecule has 0 saturated carbocycles. The average Bonchev–Trinajstić information content (AvgIpc) is 3.10. The smallest absolute Gasteiger partial charge is 0.191 e. The number of nitrogens with zero attached hydrogens (tertiary/aromatic N) is 1. The van der Waals surface area contributed by atoms with Gasteiger partial charge in [-0.05, 0) is 30.5 Å². The number of hydrogen-bond donors (Lipinski definition) is 1. The molecule has 0 spiro atoms. The van der Waals surface area contributed by atoms with E-state index >= 15 is 0 Å². The van der Waals surface area contributed by atoms with Gasteiger partial charge in [-0.1, -0.05) is 18.2 Å². The van der Waals surface area contributed by atoms with E-state index in [-0.39, 0.29) is 0 Å². The van der Waals surface area contributed by atoms with Crippen molar-refractivity contribution >= 4 is 17.0 Å². The van der Waals surface area contributed by atoms with Gasteiger partial charge in [0.2, 0.25) is 0 Å². The molecule has 0 fully saturated rings. The largest absolute Gasteiger partial charge is 0.449 e. The molecule has 4 heteroatoms. The van der Waals surface area contributed by atoms with Gasteiger partial charge in [0.15, 0.2) is 5.89 Å². The maximum Gasteiger partial charge on any atom is 0.191 e. The highest BCUT2D eigenvalue weighted by atomic mass is 32.1. The summed E-state index contributed by atoms with van der Waals surface area (Å²) in [5.74, 6) is 0.688. The van der Waals surface area contributed by atoms with E-state index in [2.05, 4.69) is 59.0 Å². The van der Waals surface area contributed by atoms with Crippen LogP contribution in [0.5, 0.6) is 0 Å². The Labute approximate surface area is 122 Å². The summed E-state index contributed by atoms with van der Waals surface area (Å²) >= 11 is 1.77. The first-order valence-electron chi connectivity index (χ1n) is 6.55. The van der Waals surface area contributed by atoms with E-state index in [0.29, 0.717) is 11.9 Å². The molecule has 3 nitrogen and oxygen atoms in total. The molecule has 0 aliphatic rings. The molecule has 2 aromatic heterocycles. The second kappa shape index (κ2) is 5.51. The van der Waals surface area contributed by atoms with Crippen LogP contribution in [0.4, 0.5) is 5.69 Å². The van der Waals surface area contributed by atoms with E-state index in [4.69, 9.17) is 4.42 Å². The van der Waals surface area contributed by atoms with Crippen molar-refractivity contribution in [3.63, 3.8) is 0 Å². The molecule has 102 valence electrons. The van der Waals surface area contributed by atoms with Crippen molar-refractivity contribution in [1.82, 2.24) is 4.98 Å². The first-order valence-corrected chi connectivity index (χ1v) is 7.43. The number of thiophene rings is 1. The van der Waals surface area contributed by atoms with Crippen LogP contribution in [0.3, 0.4) is 0 Å². The highest BCUT2D eigenvalue weighted by molar-refractivity contribution is 7.10. The summed E-state index contributed by atoms with van der Waals surface area (Å²) in [6, 6.07) is 12.8. The summed E-state index contributed by atoms with van der Waals surface area (Å²) in [6.45, 7) is 4.02. The lowest BCUT2D eigenvalue weighted by atomic mass is 10.1. The van der Waals surface area contributed by atoms with Gasteiger partial charge in [-0.3, -0.25) is 0 Å². The number of benzene rings is 1. The quantitative estimate of drug-likeness (QED) is 0.741. The van der Waals surface area contributed by atoms with Gasteiger partial charge in [-0.2, -0.15) is 0 Å². The minimum atomic E-state index is 0.315. The van der Waals surface area contributed by atoms with E-state index in [1.807, 2.05) is 6.92 Å². The molecule has 1 unspecified atom stereocenters. The van der Waals surface area contributed by atoms with Crippen LogP contribution in [0.25, 0.3) is 11.3 Å². The Hall–Kier alpha value is -2.07. The third-order valence-corrected chi connectivity index (χ3v) is 4.21. The standard InChI is InChI=1S/C16H16N2OS/c1-11(16-4-3-9-20-16)17-14-7-5-13(6-8-14)15-10-19-12(2)18-15/h3-11,17H,1-2H3. The van der Waals surface area contributed by atoms with E-state index in [9.17, 15) is 0 Å². The molecular formula is C16H16N2OS. The van der Waals surface area contributed by atoms with Crippen LogP contribution >= 0.6 is 11.3 Å². The van der Waals surface area contributed by atoms with Crippen molar-refractivity contribution in [1.29, 1.82) is 0 Å². The van der Waals surface area contributed by atoms with Crippen LogP contribution in [0.15, 0.2) is 52.5 Å². The summed E-state index contributed by atoms with van der Waals surface area (Å²) < 4.78 is 5.24. The zero-order valence-electron chi connectivity index (χ0n) is 11.5. The Morgan fingerprint density at radius 2 is 2.00 bits per heavy atom. The summed E-state index contributed by atoms with van der Waals surface area (Å²) in [5, 5.41) is 5.60. The minimum Gasteiger partial charge on any atom is -0.449 e. The number of anilines is 1. The Morgan fingerprint density at radius 1 is 1.20 bits per heavy atom. The topological polar surface area (TPSA) is 38.1 Å². The van der Waals surface area contributed by atoms with Gasteiger partial charge in [0.1, 0.15) is 12.0 Å². The molecule has 3 aromatic rings. The fourth-order valence-corrected chi connectivity index (χ4v) is 2.83. The number of hydrogen-bond acceptors (Lipinski definition) is 4. The fraction of sp³-hybridized carbons (Fsp3) is 0.188. The average molecular weight is 284 g/mol. The molecule has 1 N–H and O–H groups in total. The molecule has 0 radical (unpaired) electrons. The molecule has 1 atom stereocenters. The molecule has 20 heavy (non-hydrogen) atoms. The second-order valence-corrected chi connectivity index (χ2v) is 5.69. The van der Waals surface area contributed by atoms with Gasteiger partial charge >= 0.3 is 0 Å². The number of rotatable bonds is 4.